The van der Waals surface area contributed by atoms with Crippen molar-refractivity contribution in [2.24, 2.45) is 12.0 Å². The van der Waals surface area contributed by atoms with Crippen molar-refractivity contribution in [3.8, 4) is 5.75 Å². The third kappa shape index (κ3) is 4.28. The normalized spacial score (nSPS) is 11.3. The maximum absolute atomic E-state index is 13.8. The molecule has 0 unspecified atom stereocenters. The fraction of sp³-hybridized carbons (Fsp3) is 0.150. The Morgan fingerprint density at radius 2 is 1.96 bits per heavy atom. The van der Waals surface area contributed by atoms with E-state index in [0.717, 1.165) is 5.69 Å². The van der Waals surface area contributed by atoms with Crippen LogP contribution in [0.4, 0.5) is 4.39 Å². The van der Waals surface area contributed by atoms with Crippen LogP contribution in [0.25, 0.3) is 17.0 Å². The summed E-state index contributed by atoms with van der Waals surface area (Å²) in [5.74, 6) is 0.210. The smallest absolute Gasteiger partial charge is 0.134 e. The first-order valence-electron chi connectivity index (χ1n) is 7.73. The first-order valence-corrected chi connectivity index (χ1v) is 7.73. The zero-order valence-corrected chi connectivity index (χ0v) is 15.0. The van der Waals surface area contributed by atoms with Gasteiger partial charge in [-0.2, -0.15) is 0 Å². The van der Waals surface area contributed by atoms with Crippen LogP contribution in [0.1, 0.15) is 11.3 Å². The van der Waals surface area contributed by atoms with E-state index in [9.17, 15) is 4.39 Å². The third-order valence-corrected chi connectivity index (χ3v) is 3.93. The molecule has 0 bridgehead atoms. The van der Waals surface area contributed by atoms with E-state index in [1.54, 1.807) is 18.2 Å². The minimum Gasteiger partial charge on any atom is -0.497 e. The molecule has 0 atom stereocenters. The zero-order chi connectivity index (χ0) is 16.9. The van der Waals surface area contributed by atoms with Gasteiger partial charge in [-0.1, -0.05) is 30.4 Å². The van der Waals surface area contributed by atoms with Crippen LogP contribution in [-0.2, 0) is 7.05 Å². The minimum absolute atomic E-state index is 0. The van der Waals surface area contributed by atoms with Crippen molar-refractivity contribution in [3.63, 3.8) is 0 Å². The maximum Gasteiger partial charge on any atom is 0.134 e. The summed E-state index contributed by atoms with van der Waals surface area (Å²) in [4.78, 5) is 4.40. The predicted octanol–water partition coefficient (Wildman–Crippen LogP) is 4.88. The lowest BCUT2D eigenvalue weighted by molar-refractivity contribution is 0.411. The number of halogens is 2. The summed E-state index contributed by atoms with van der Waals surface area (Å²) in [5.41, 5.74) is 2.74. The minimum atomic E-state index is -0.303. The molecular weight excluding hydrogens is 339 g/mol. The van der Waals surface area contributed by atoms with E-state index < -0.39 is 0 Å². The van der Waals surface area contributed by atoms with Gasteiger partial charge in [-0.25, -0.2) is 4.39 Å². The molecule has 0 aliphatic heterocycles. The van der Waals surface area contributed by atoms with Gasteiger partial charge in [-0.15, -0.1) is 12.4 Å². The number of ether oxygens (including phenoxy) is 1. The van der Waals surface area contributed by atoms with Gasteiger partial charge in [0, 0.05) is 35.8 Å². The lowest BCUT2D eigenvalue weighted by atomic mass is 10.2. The second kappa shape index (κ2) is 8.49. The quantitative estimate of drug-likeness (QED) is 0.597. The lowest BCUT2D eigenvalue weighted by Gasteiger charge is -2.01. The Morgan fingerprint density at radius 1 is 1.16 bits per heavy atom. The summed E-state index contributed by atoms with van der Waals surface area (Å²) >= 11 is 0. The number of nitrogens with zero attached hydrogens (tertiary/aromatic N) is 2. The van der Waals surface area contributed by atoms with Gasteiger partial charge >= 0.3 is 0 Å². The second-order valence-electron chi connectivity index (χ2n) is 5.47. The molecule has 0 saturated carbocycles. The van der Waals surface area contributed by atoms with Crippen molar-refractivity contribution in [1.82, 2.24) is 4.57 Å². The van der Waals surface area contributed by atoms with Gasteiger partial charge in [0.2, 0.25) is 0 Å². The number of methoxy groups -OCH3 is 1. The van der Waals surface area contributed by atoms with Crippen molar-refractivity contribution < 1.29 is 9.13 Å². The highest BCUT2D eigenvalue weighted by molar-refractivity contribution is 5.90. The lowest BCUT2D eigenvalue weighted by Crippen LogP contribution is -1.94. The Kier molecular flexibility index (Phi) is 6.37. The Balaban J connectivity index is 0.00000225. The van der Waals surface area contributed by atoms with Crippen LogP contribution in [0.5, 0.6) is 5.75 Å². The fourth-order valence-electron chi connectivity index (χ4n) is 2.59. The Morgan fingerprint density at radius 3 is 2.68 bits per heavy atom. The van der Waals surface area contributed by atoms with E-state index in [4.69, 9.17) is 4.74 Å². The van der Waals surface area contributed by atoms with Crippen LogP contribution >= 0.6 is 12.4 Å². The Labute approximate surface area is 152 Å². The van der Waals surface area contributed by atoms with Crippen molar-refractivity contribution in [2.75, 3.05) is 13.7 Å². The van der Waals surface area contributed by atoms with Crippen LogP contribution < -0.4 is 4.74 Å². The highest BCUT2D eigenvalue weighted by Gasteiger charge is 2.02. The van der Waals surface area contributed by atoms with E-state index in [2.05, 4.69) is 27.8 Å². The molecule has 3 rings (SSSR count). The molecule has 3 aromatic rings. The summed E-state index contributed by atoms with van der Waals surface area (Å²) in [6.45, 7) is 0.493. The summed E-state index contributed by atoms with van der Waals surface area (Å²) in [6, 6.07) is 15.1. The molecule has 2 aromatic carbocycles. The van der Waals surface area contributed by atoms with Gasteiger partial charge in [0.25, 0.3) is 0 Å². The van der Waals surface area contributed by atoms with Gasteiger partial charge in [0.15, 0.2) is 0 Å². The Hall–Kier alpha value is -2.59. The molecule has 0 N–H and O–H groups in total. The SMILES string of the molecule is COc1ccc(/C=C/CN=Cc2cc3ccccc3n2C)c(F)c1.Cl. The molecule has 1 aromatic heterocycles. The number of benzene rings is 2. The van der Waals surface area contributed by atoms with E-state index in [0.29, 0.717) is 17.9 Å². The van der Waals surface area contributed by atoms with Gasteiger partial charge in [-0.3, -0.25) is 4.99 Å². The number of rotatable bonds is 5. The first kappa shape index (κ1) is 18.7. The molecule has 130 valence electrons. The average molecular weight is 359 g/mol. The molecule has 0 fully saturated rings. The summed E-state index contributed by atoms with van der Waals surface area (Å²) in [5, 5.41) is 1.19. The molecule has 5 heteroatoms. The molecular formula is C20H20ClFN2O. The van der Waals surface area contributed by atoms with E-state index in [1.807, 2.05) is 31.5 Å². The topological polar surface area (TPSA) is 26.5 Å². The zero-order valence-electron chi connectivity index (χ0n) is 14.1. The van der Waals surface area contributed by atoms with Crippen LogP contribution in [0.2, 0.25) is 0 Å². The average Bonchev–Trinajstić information content (AvgIpc) is 2.92. The molecule has 1 heterocycles. The predicted molar refractivity (Wildman–Crippen MR) is 105 cm³/mol. The number of aliphatic imine (C=N–C) groups is 1. The van der Waals surface area contributed by atoms with Crippen LogP contribution in [0.3, 0.4) is 0 Å². The summed E-state index contributed by atoms with van der Waals surface area (Å²) < 4.78 is 20.9. The van der Waals surface area contributed by atoms with Gasteiger partial charge in [0.1, 0.15) is 11.6 Å². The van der Waals surface area contributed by atoms with Gasteiger partial charge < -0.3 is 9.30 Å². The first-order chi connectivity index (χ1) is 11.7. The van der Waals surface area contributed by atoms with E-state index in [-0.39, 0.29) is 18.2 Å². The van der Waals surface area contributed by atoms with Crippen LogP contribution in [0, 0.1) is 5.82 Å². The summed E-state index contributed by atoms with van der Waals surface area (Å²) in [7, 11) is 3.54. The Bertz CT molecular complexity index is 915. The van der Waals surface area contributed by atoms with E-state index in [1.165, 1.54) is 24.1 Å². The number of fused-ring (bicyclic) bond motifs is 1. The van der Waals surface area contributed by atoms with Crippen molar-refractivity contribution in [3.05, 3.63) is 71.7 Å². The number of aryl methyl sites for hydroxylation is 1. The van der Waals surface area contributed by atoms with Crippen LogP contribution in [-0.4, -0.2) is 24.4 Å². The highest BCUT2D eigenvalue weighted by atomic mass is 35.5. The fourth-order valence-corrected chi connectivity index (χ4v) is 2.59. The van der Waals surface area contributed by atoms with Crippen LogP contribution in [0.15, 0.2) is 59.6 Å². The number of aromatic nitrogens is 1. The second-order valence-corrected chi connectivity index (χ2v) is 5.47. The largest absolute Gasteiger partial charge is 0.497 e. The molecule has 0 aliphatic carbocycles. The number of hydrogen-bond acceptors (Lipinski definition) is 2. The molecule has 0 amide bonds. The third-order valence-electron chi connectivity index (χ3n) is 3.93. The molecule has 0 radical (unpaired) electrons. The molecule has 3 nitrogen and oxygen atoms in total. The molecule has 0 saturated heterocycles. The van der Waals surface area contributed by atoms with Crippen molar-refractivity contribution in [1.29, 1.82) is 0 Å². The van der Waals surface area contributed by atoms with E-state index >= 15 is 0 Å². The molecule has 0 spiro atoms. The standard InChI is InChI=1S/C20H19FN2O.ClH/c1-23-17(12-16-6-3-4-8-20(16)23)14-22-11-5-7-15-9-10-18(24-2)13-19(15)21;/h3-10,12-14H,11H2,1-2H3;1H/b7-5+,22-14?;. The maximum atomic E-state index is 13.8. The highest BCUT2D eigenvalue weighted by Crippen LogP contribution is 2.18. The van der Waals surface area contributed by atoms with Crippen molar-refractivity contribution in [2.45, 2.75) is 0 Å². The summed E-state index contributed by atoms with van der Waals surface area (Å²) in [6.07, 6.45) is 5.41. The monoisotopic (exact) mass is 358 g/mol. The van der Waals surface area contributed by atoms with Gasteiger partial charge in [-0.05, 0) is 24.3 Å². The van der Waals surface area contributed by atoms with Crippen molar-refractivity contribution >= 4 is 35.6 Å². The molecule has 0 aliphatic rings. The van der Waals surface area contributed by atoms with Gasteiger partial charge in [0.05, 0.1) is 19.3 Å². The number of para-hydroxylation sites is 1. The molecule has 25 heavy (non-hydrogen) atoms. The number of hydrogen-bond donors (Lipinski definition) is 0.